The zero-order valence-electron chi connectivity index (χ0n) is 16.0. The van der Waals surface area contributed by atoms with E-state index in [9.17, 15) is 5.26 Å². The predicted molar refractivity (Wildman–Crippen MR) is 101 cm³/mol. The van der Waals surface area contributed by atoms with E-state index in [-0.39, 0.29) is 0 Å². The number of aromatic nitrogens is 4. The number of piperazine rings is 1. The highest BCUT2D eigenvalue weighted by Gasteiger charge is 2.24. The average Bonchev–Trinajstić information content (AvgIpc) is 2.66. The molecule has 2 aromatic rings. The minimum absolute atomic E-state index is 0.682. The van der Waals surface area contributed by atoms with Crippen molar-refractivity contribution in [3.8, 4) is 6.07 Å². The minimum atomic E-state index is 0.682. The maximum atomic E-state index is 9.70. The summed E-state index contributed by atoms with van der Waals surface area (Å²) >= 11 is 0. The van der Waals surface area contributed by atoms with Crippen molar-refractivity contribution in [2.24, 2.45) is 0 Å². The second-order valence-electron chi connectivity index (χ2n) is 6.53. The Labute approximate surface area is 154 Å². The molecule has 7 heteroatoms. The number of aryl methyl sites for hydroxylation is 3. The molecule has 2 aromatic heterocycles. The highest BCUT2D eigenvalue weighted by molar-refractivity contribution is 5.59. The van der Waals surface area contributed by atoms with Gasteiger partial charge in [0.05, 0.1) is 5.69 Å². The number of anilines is 2. The Morgan fingerprint density at radius 3 is 2.27 bits per heavy atom. The summed E-state index contributed by atoms with van der Waals surface area (Å²) in [5, 5.41) is 18.5. The molecule has 7 nitrogen and oxygen atoms in total. The number of hydrogen-bond donors (Lipinski definition) is 0. The standard InChI is InChI=1S/C19H25N7/c1-5-15-16(12-20)19(24-23-17(15)6-2)26-9-7-25(8-10-26)18-11-13(3)21-14(4)22-18/h11H,5-10H2,1-4H3. The van der Waals surface area contributed by atoms with Gasteiger partial charge in [-0.1, -0.05) is 13.8 Å². The topological polar surface area (TPSA) is 81.8 Å². The van der Waals surface area contributed by atoms with Crippen LogP contribution in [-0.4, -0.2) is 46.3 Å². The highest BCUT2D eigenvalue weighted by atomic mass is 15.3. The van der Waals surface area contributed by atoms with Crippen LogP contribution in [-0.2, 0) is 12.8 Å². The molecule has 0 spiro atoms. The van der Waals surface area contributed by atoms with E-state index in [2.05, 4.69) is 49.9 Å². The molecule has 0 N–H and O–H groups in total. The minimum Gasteiger partial charge on any atom is -0.353 e. The first kappa shape index (κ1) is 18.1. The lowest BCUT2D eigenvalue weighted by atomic mass is 10.0. The van der Waals surface area contributed by atoms with Gasteiger partial charge < -0.3 is 9.80 Å². The summed E-state index contributed by atoms with van der Waals surface area (Å²) in [4.78, 5) is 13.3. The molecule has 0 saturated carbocycles. The van der Waals surface area contributed by atoms with Gasteiger partial charge in [0.2, 0.25) is 0 Å². The third kappa shape index (κ3) is 3.45. The van der Waals surface area contributed by atoms with Gasteiger partial charge in [-0.15, -0.1) is 5.10 Å². The van der Waals surface area contributed by atoms with E-state index in [1.165, 1.54) is 0 Å². The average molecular weight is 351 g/mol. The van der Waals surface area contributed by atoms with Crippen molar-refractivity contribution in [1.29, 1.82) is 5.26 Å². The molecule has 0 atom stereocenters. The molecule has 0 bridgehead atoms. The van der Waals surface area contributed by atoms with E-state index < -0.39 is 0 Å². The van der Waals surface area contributed by atoms with Crippen LogP contribution in [0.1, 0.15) is 42.2 Å². The Morgan fingerprint density at radius 2 is 1.69 bits per heavy atom. The van der Waals surface area contributed by atoms with Crippen LogP contribution in [0, 0.1) is 25.2 Å². The van der Waals surface area contributed by atoms with Crippen LogP contribution >= 0.6 is 0 Å². The molecule has 3 heterocycles. The van der Waals surface area contributed by atoms with Gasteiger partial charge in [0.25, 0.3) is 0 Å². The van der Waals surface area contributed by atoms with Crippen LogP contribution in [0.15, 0.2) is 6.07 Å². The van der Waals surface area contributed by atoms with E-state index in [0.717, 1.165) is 73.4 Å². The molecule has 136 valence electrons. The summed E-state index contributed by atoms with van der Waals surface area (Å²) in [6.45, 7) is 11.3. The van der Waals surface area contributed by atoms with Gasteiger partial charge in [-0.3, -0.25) is 0 Å². The summed E-state index contributed by atoms with van der Waals surface area (Å²) in [6, 6.07) is 4.39. The predicted octanol–water partition coefficient (Wildman–Crippen LogP) is 2.21. The van der Waals surface area contributed by atoms with Crippen molar-refractivity contribution in [2.45, 2.75) is 40.5 Å². The molecular weight excluding hydrogens is 326 g/mol. The molecule has 1 aliphatic rings. The van der Waals surface area contributed by atoms with E-state index in [0.29, 0.717) is 5.56 Å². The van der Waals surface area contributed by atoms with Crippen molar-refractivity contribution < 1.29 is 0 Å². The van der Waals surface area contributed by atoms with Gasteiger partial charge in [-0.2, -0.15) is 10.4 Å². The lowest BCUT2D eigenvalue weighted by molar-refractivity contribution is 0.633. The van der Waals surface area contributed by atoms with Crippen LogP contribution in [0.3, 0.4) is 0 Å². The van der Waals surface area contributed by atoms with Crippen LogP contribution in [0.2, 0.25) is 0 Å². The summed E-state index contributed by atoms with van der Waals surface area (Å²) in [5.74, 6) is 2.48. The van der Waals surface area contributed by atoms with Gasteiger partial charge in [0.1, 0.15) is 23.3 Å². The van der Waals surface area contributed by atoms with Crippen molar-refractivity contribution in [3.05, 3.63) is 34.4 Å². The van der Waals surface area contributed by atoms with Crippen molar-refractivity contribution in [2.75, 3.05) is 36.0 Å². The Balaban J connectivity index is 1.81. The molecule has 1 saturated heterocycles. The van der Waals surface area contributed by atoms with E-state index in [1.54, 1.807) is 0 Å². The quantitative estimate of drug-likeness (QED) is 0.835. The maximum Gasteiger partial charge on any atom is 0.169 e. The van der Waals surface area contributed by atoms with Crippen LogP contribution in [0.5, 0.6) is 0 Å². The van der Waals surface area contributed by atoms with E-state index in [1.807, 2.05) is 19.9 Å². The third-order valence-electron chi connectivity index (χ3n) is 4.80. The second-order valence-corrected chi connectivity index (χ2v) is 6.53. The lowest BCUT2D eigenvalue weighted by Gasteiger charge is -2.36. The third-order valence-corrected chi connectivity index (χ3v) is 4.80. The van der Waals surface area contributed by atoms with Gasteiger partial charge in [0, 0.05) is 37.9 Å². The summed E-state index contributed by atoms with van der Waals surface area (Å²) in [5.41, 5.74) is 3.62. The number of nitriles is 1. The van der Waals surface area contributed by atoms with Crippen molar-refractivity contribution >= 4 is 11.6 Å². The normalized spacial score (nSPS) is 14.4. The zero-order chi connectivity index (χ0) is 18.7. The molecule has 0 radical (unpaired) electrons. The fourth-order valence-electron chi connectivity index (χ4n) is 3.51. The first-order chi connectivity index (χ1) is 12.6. The fourth-order valence-corrected chi connectivity index (χ4v) is 3.51. The van der Waals surface area contributed by atoms with Crippen LogP contribution < -0.4 is 9.80 Å². The molecule has 0 aliphatic carbocycles. The first-order valence-corrected chi connectivity index (χ1v) is 9.18. The monoisotopic (exact) mass is 351 g/mol. The lowest BCUT2D eigenvalue weighted by Crippen LogP contribution is -2.47. The zero-order valence-corrected chi connectivity index (χ0v) is 16.0. The Bertz CT molecular complexity index is 812. The number of hydrogen-bond acceptors (Lipinski definition) is 7. The first-order valence-electron chi connectivity index (χ1n) is 9.18. The van der Waals surface area contributed by atoms with E-state index >= 15 is 0 Å². The van der Waals surface area contributed by atoms with E-state index in [4.69, 9.17) is 0 Å². The molecule has 3 rings (SSSR count). The Kier molecular flexibility index (Phi) is 5.31. The molecule has 26 heavy (non-hydrogen) atoms. The fraction of sp³-hybridized carbons (Fsp3) is 0.526. The molecule has 1 aliphatic heterocycles. The molecule has 0 amide bonds. The van der Waals surface area contributed by atoms with Crippen LogP contribution in [0.25, 0.3) is 0 Å². The molecule has 1 fully saturated rings. The molecule has 0 unspecified atom stereocenters. The maximum absolute atomic E-state index is 9.70. The SMILES string of the molecule is CCc1nnc(N2CCN(c3cc(C)nc(C)n3)CC2)c(C#N)c1CC. The smallest absolute Gasteiger partial charge is 0.169 e. The van der Waals surface area contributed by atoms with Gasteiger partial charge in [-0.05, 0) is 32.3 Å². The van der Waals surface area contributed by atoms with Gasteiger partial charge in [0.15, 0.2) is 5.82 Å². The summed E-state index contributed by atoms with van der Waals surface area (Å²) < 4.78 is 0. The van der Waals surface area contributed by atoms with Crippen molar-refractivity contribution in [1.82, 2.24) is 20.2 Å². The second kappa shape index (κ2) is 7.65. The Morgan fingerprint density at radius 1 is 1.00 bits per heavy atom. The largest absolute Gasteiger partial charge is 0.353 e. The van der Waals surface area contributed by atoms with Crippen LogP contribution in [0.4, 0.5) is 11.6 Å². The highest BCUT2D eigenvalue weighted by Crippen LogP contribution is 2.25. The summed E-state index contributed by atoms with van der Waals surface area (Å²) in [6.07, 6.45) is 1.60. The molecular formula is C19H25N7. The molecule has 0 aromatic carbocycles. The number of nitrogens with zero attached hydrogens (tertiary/aromatic N) is 7. The summed E-state index contributed by atoms with van der Waals surface area (Å²) in [7, 11) is 0. The van der Waals surface area contributed by atoms with Crippen molar-refractivity contribution in [3.63, 3.8) is 0 Å². The number of rotatable bonds is 4. The van der Waals surface area contributed by atoms with Gasteiger partial charge in [-0.25, -0.2) is 9.97 Å². The Hall–Kier alpha value is -2.75. The van der Waals surface area contributed by atoms with Gasteiger partial charge >= 0.3 is 0 Å².